The van der Waals surface area contributed by atoms with Crippen LogP contribution in [0.4, 0.5) is 0 Å². The minimum absolute atomic E-state index is 0.0265. The summed E-state index contributed by atoms with van der Waals surface area (Å²) in [5, 5.41) is 0. The van der Waals surface area contributed by atoms with E-state index < -0.39 is 10.1 Å². The summed E-state index contributed by atoms with van der Waals surface area (Å²) >= 11 is 0. The predicted octanol–water partition coefficient (Wildman–Crippen LogP) is 3.30. The van der Waals surface area contributed by atoms with E-state index in [1.165, 1.54) is 6.07 Å². The average Bonchev–Trinajstić information content (AvgIpc) is 2.48. The van der Waals surface area contributed by atoms with Gasteiger partial charge in [0.2, 0.25) is 0 Å². The minimum Gasteiger partial charge on any atom is -0.370 e. The first kappa shape index (κ1) is 15.7. The average molecular weight is 322 g/mol. The van der Waals surface area contributed by atoms with Crippen LogP contribution in [-0.2, 0) is 21.3 Å². The van der Waals surface area contributed by atoms with Gasteiger partial charge in [0.1, 0.15) is 0 Å². The fourth-order valence-corrected chi connectivity index (χ4v) is 4.48. The lowest BCUT2D eigenvalue weighted by molar-refractivity contribution is -0.157. The molecular formula is C17H22O4S. The monoisotopic (exact) mass is 322 g/mol. The van der Waals surface area contributed by atoms with Crippen molar-refractivity contribution in [3.63, 3.8) is 0 Å². The fraction of sp³-hybridized carbons (Fsp3) is 0.529. The molecule has 0 radical (unpaired) electrons. The largest absolute Gasteiger partial charge is 0.370 e. The fourth-order valence-electron chi connectivity index (χ4n) is 3.78. The third-order valence-electron chi connectivity index (χ3n) is 5.25. The van der Waals surface area contributed by atoms with Gasteiger partial charge in [0.05, 0.1) is 17.1 Å². The molecule has 5 heteroatoms. The van der Waals surface area contributed by atoms with Crippen molar-refractivity contribution in [3.8, 4) is 0 Å². The Morgan fingerprint density at radius 3 is 2.50 bits per heavy atom. The number of fused-ring (bicyclic) bond motifs is 3. The number of hydrogen-bond donors (Lipinski definition) is 1. The molecule has 2 heterocycles. The van der Waals surface area contributed by atoms with E-state index in [1.54, 1.807) is 6.07 Å². The predicted molar refractivity (Wildman–Crippen MR) is 84.5 cm³/mol. The summed E-state index contributed by atoms with van der Waals surface area (Å²) in [6.45, 7) is 6.43. The molecule has 1 aliphatic carbocycles. The van der Waals surface area contributed by atoms with Crippen molar-refractivity contribution in [1.29, 1.82) is 0 Å². The molecule has 1 saturated carbocycles. The van der Waals surface area contributed by atoms with Crippen LogP contribution in [-0.4, -0.2) is 25.2 Å². The van der Waals surface area contributed by atoms with E-state index >= 15 is 0 Å². The molecule has 2 aliphatic heterocycles. The smallest absolute Gasteiger partial charge is 0.294 e. The second-order valence-electron chi connectivity index (χ2n) is 6.82. The van der Waals surface area contributed by atoms with Gasteiger partial charge in [0.25, 0.3) is 10.1 Å². The van der Waals surface area contributed by atoms with Gasteiger partial charge in [-0.3, -0.25) is 4.55 Å². The molecule has 0 aromatic heterocycles. The summed E-state index contributed by atoms with van der Waals surface area (Å²) in [7, 11) is -4.20. The Hall–Kier alpha value is -1.17. The quantitative estimate of drug-likeness (QED) is 0.682. The second kappa shape index (κ2) is 5.18. The lowest BCUT2D eigenvalue weighted by atomic mass is 9.63. The van der Waals surface area contributed by atoms with Gasteiger partial charge in [-0.2, -0.15) is 8.42 Å². The molecular weight excluding hydrogens is 300 g/mol. The van der Waals surface area contributed by atoms with E-state index in [9.17, 15) is 13.0 Å². The van der Waals surface area contributed by atoms with Crippen LogP contribution in [0.1, 0.15) is 36.8 Å². The molecule has 2 bridgehead atoms. The zero-order valence-corrected chi connectivity index (χ0v) is 13.7. The molecule has 1 N–H and O–H groups in total. The highest BCUT2D eigenvalue weighted by Crippen LogP contribution is 2.51. The van der Waals surface area contributed by atoms with Crippen molar-refractivity contribution in [3.05, 3.63) is 42.0 Å². The number of hydrogen-bond acceptors (Lipinski definition) is 3. The molecule has 4 rings (SSSR count). The Labute approximate surface area is 131 Å². The Bertz CT molecular complexity index is 681. The highest BCUT2D eigenvalue weighted by Gasteiger charge is 2.48. The van der Waals surface area contributed by atoms with Crippen LogP contribution in [0.25, 0.3) is 0 Å². The highest BCUT2D eigenvalue weighted by molar-refractivity contribution is 7.85. The normalized spacial score (nSPS) is 31.2. The van der Waals surface area contributed by atoms with Crippen molar-refractivity contribution in [1.82, 2.24) is 0 Å². The summed E-state index contributed by atoms with van der Waals surface area (Å²) in [4.78, 5) is 0.0265. The van der Waals surface area contributed by atoms with Crippen molar-refractivity contribution >= 4 is 10.1 Å². The molecule has 4 nitrogen and oxygen atoms in total. The molecule has 0 unspecified atom stereocenters. The van der Waals surface area contributed by atoms with Gasteiger partial charge in [-0.05, 0) is 56.1 Å². The second-order valence-corrected chi connectivity index (χ2v) is 8.21. The number of benzene rings is 1. The third kappa shape index (κ3) is 2.73. The van der Waals surface area contributed by atoms with Gasteiger partial charge in [0.15, 0.2) is 0 Å². The Balaban J connectivity index is 1.91. The maximum atomic E-state index is 11.6. The van der Waals surface area contributed by atoms with E-state index in [-0.39, 0.29) is 15.9 Å². The minimum atomic E-state index is -4.20. The van der Waals surface area contributed by atoms with Gasteiger partial charge in [-0.1, -0.05) is 23.8 Å². The van der Waals surface area contributed by atoms with Crippen LogP contribution in [0.2, 0.25) is 0 Å². The maximum Gasteiger partial charge on any atom is 0.294 e. The Morgan fingerprint density at radius 1 is 1.32 bits per heavy atom. The standard InChI is InChI=1S/C17H22O4S/c1-3-17-8-6-16(7-9-17,12-21-17)11-14-10-13(2)4-5-15(14)22(18,19)20/h3-5,10H,1,6-9,11-12H2,2H3,(H,18,19,20). The number of aryl methyl sites for hydroxylation is 1. The maximum absolute atomic E-state index is 11.6. The molecule has 0 spiro atoms. The Morgan fingerprint density at radius 2 is 2.00 bits per heavy atom. The summed E-state index contributed by atoms with van der Waals surface area (Å²) in [5.41, 5.74) is 1.48. The zero-order valence-electron chi connectivity index (χ0n) is 12.8. The first-order valence-corrected chi connectivity index (χ1v) is 9.06. The van der Waals surface area contributed by atoms with Crippen molar-refractivity contribution in [2.75, 3.05) is 6.61 Å². The molecule has 22 heavy (non-hydrogen) atoms. The molecule has 0 amide bonds. The van der Waals surface area contributed by atoms with Crippen LogP contribution in [0.5, 0.6) is 0 Å². The van der Waals surface area contributed by atoms with Crippen LogP contribution in [0.3, 0.4) is 0 Å². The molecule has 0 atom stereocenters. The third-order valence-corrected chi connectivity index (χ3v) is 6.21. The van der Waals surface area contributed by atoms with Gasteiger partial charge >= 0.3 is 0 Å². The summed E-state index contributed by atoms with van der Waals surface area (Å²) in [6.07, 6.45) is 6.40. The number of rotatable bonds is 4. The molecule has 3 fully saturated rings. The van der Waals surface area contributed by atoms with Gasteiger partial charge < -0.3 is 4.74 Å². The summed E-state index contributed by atoms with van der Waals surface area (Å²) < 4.78 is 38.7. The number of ether oxygens (including phenoxy) is 1. The topological polar surface area (TPSA) is 63.6 Å². The Kier molecular flexibility index (Phi) is 3.70. The first-order chi connectivity index (χ1) is 10.3. The van der Waals surface area contributed by atoms with Crippen molar-refractivity contribution < 1.29 is 17.7 Å². The van der Waals surface area contributed by atoms with Gasteiger partial charge in [0, 0.05) is 0 Å². The van der Waals surface area contributed by atoms with E-state index in [4.69, 9.17) is 4.74 Å². The lowest BCUT2D eigenvalue weighted by Gasteiger charge is -2.52. The molecule has 1 aromatic rings. The lowest BCUT2D eigenvalue weighted by Crippen LogP contribution is -2.50. The van der Waals surface area contributed by atoms with E-state index in [0.717, 1.165) is 31.2 Å². The molecule has 120 valence electrons. The van der Waals surface area contributed by atoms with E-state index in [1.807, 2.05) is 19.1 Å². The zero-order chi connectivity index (χ0) is 16.0. The van der Waals surface area contributed by atoms with E-state index in [0.29, 0.717) is 18.6 Å². The van der Waals surface area contributed by atoms with Crippen molar-refractivity contribution in [2.45, 2.75) is 49.5 Å². The molecule has 2 saturated heterocycles. The van der Waals surface area contributed by atoms with Crippen molar-refractivity contribution in [2.24, 2.45) is 5.41 Å². The van der Waals surface area contributed by atoms with Crippen LogP contribution < -0.4 is 0 Å². The van der Waals surface area contributed by atoms with Crippen LogP contribution >= 0.6 is 0 Å². The van der Waals surface area contributed by atoms with E-state index in [2.05, 4.69) is 6.58 Å². The van der Waals surface area contributed by atoms with Crippen LogP contribution in [0, 0.1) is 12.3 Å². The highest BCUT2D eigenvalue weighted by atomic mass is 32.2. The molecule has 3 aliphatic rings. The summed E-state index contributed by atoms with van der Waals surface area (Å²) in [6, 6.07) is 5.07. The molecule has 1 aromatic carbocycles. The SMILES string of the molecule is C=CC12CCC(Cc3cc(C)ccc3S(=O)(=O)O)(CC1)CO2. The van der Waals surface area contributed by atoms with Gasteiger partial charge in [-0.15, -0.1) is 6.58 Å². The first-order valence-electron chi connectivity index (χ1n) is 7.62. The van der Waals surface area contributed by atoms with Gasteiger partial charge in [-0.25, -0.2) is 0 Å². The summed E-state index contributed by atoms with van der Waals surface area (Å²) in [5.74, 6) is 0. The van der Waals surface area contributed by atoms with Crippen LogP contribution in [0.15, 0.2) is 35.7 Å².